The Balaban J connectivity index is 1.78. The Morgan fingerprint density at radius 3 is 2.05 bits per heavy atom. The van der Waals surface area contributed by atoms with Crippen LogP contribution in [0.4, 0.5) is 5.69 Å². The molecule has 2 fully saturated rings. The summed E-state index contributed by atoms with van der Waals surface area (Å²) in [5.41, 5.74) is 9.10. The fraction of sp³-hybridized carbons (Fsp3) is 0.714. The normalized spacial score (nSPS) is 18.9. The van der Waals surface area contributed by atoms with Crippen molar-refractivity contribution in [2.24, 2.45) is 0 Å². The Morgan fingerprint density at radius 2 is 1.63 bits per heavy atom. The number of anilines is 1. The van der Waals surface area contributed by atoms with Gasteiger partial charge >= 0.3 is 6.01 Å². The molecule has 3 rings (SSSR count). The minimum absolute atomic E-state index is 0.514. The molecule has 0 saturated heterocycles. The topological polar surface area (TPSA) is 64.3 Å². The van der Waals surface area contributed by atoms with Crippen LogP contribution in [0.25, 0.3) is 0 Å². The lowest BCUT2D eigenvalue weighted by atomic mass is 10.1. The summed E-state index contributed by atoms with van der Waals surface area (Å²) in [6, 6.07) is 0.514. The van der Waals surface area contributed by atoms with Gasteiger partial charge in [0.1, 0.15) is 6.61 Å². The van der Waals surface area contributed by atoms with Crippen molar-refractivity contribution in [1.29, 1.82) is 0 Å². The van der Waals surface area contributed by atoms with Crippen LogP contribution >= 0.6 is 0 Å². The minimum Gasteiger partial charge on any atom is -0.462 e. The summed E-state index contributed by atoms with van der Waals surface area (Å²) in [7, 11) is 4.05. The lowest BCUT2D eigenvalue weighted by Crippen LogP contribution is -2.20. The van der Waals surface area contributed by atoms with Crippen molar-refractivity contribution in [1.82, 2.24) is 14.9 Å². The predicted octanol–water partition coefficient (Wildman–Crippen LogP) is 1.75. The van der Waals surface area contributed by atoms with Crippen LogP contribution in [0.5, 0.6) is 6.01 Å². The van der Waals surface area contributed by atoms with E-state index in [2.05, 4.69) is 14.9 Å². The molecule has 2 aliphatic rings. The zero-order chi connectivity index (χ0) is 13.4. The molecule has 0 amide bonds. The average molecular weight is 262 g/mol. The minimum atomic E-state index is 0.514. The van der Waals surface area contributed by atoms with E-state index in [1.54, 1.807) is 0 Å². The second-order valence-corrected chi connectivity index (χ2v) is 5.89. The van der Waals surface area contributed by atoms with E-state index in [1.807, 2.05) is 14.1 Å². The molecule has 1 heterocycles. The second kappa shape index (κ2) is 4.96. The SMILES string of the molecule is CN(C)CCOc1nc(C2CC2)c(N)c(C2CC2)n1. The smallest absolute Gasteiger partial charge is 0.317 e. The first kappa shape index (κ1) is 12.7. The van der Waals surface area contributed by atoms with Crippen molar-refractivity contribution in [3.63, 3.8) is 0 Å². The molecule has 0 aromatic carbocycles. The van der Waals surface area contributed by atoms with E-state index in [1.165, 1.54) is 25.7 Å². The van der Waals surface area contributed by atoms with Gasteiger partial charge in [-0.3, -0.25) is 0 Å². The largest absolute Gasteiger partial charge is 0.462 e. The van der Waals surface area contributed by atoms with Crippen LogP contribution in [0.15, 0.2) is 0 Å². The van der Waals surface area contributed by atoms with E-state index in [9.17, 15) is 0 Å². The first-order valence-electron chi connectivity index (χ1n) is 7.10. The summed E-state index contributed by atoms with van der Waals surface area (Å²) >= 11 is 0. The molecule has 0 spiro atoms. The van der Waals surface area contributed by atoms with Crippen LogP contribution in [0.1, 0.15) is 48.9 Å². The number of hydrogen-bond donors (Lipinski definition) is 1. The zero-order valence-electron chi connectivity index (χ0n) is 11.7. The van der Waals surface area contributed by atoms with Crippen LogP contribution in [-0.4, -0.2) is 42.1 Å². The number of nitrogens with two attached hydrogens (primary N) is 1. The molecule has 0 unspecified atom stereocenters. The fourth-order valence-electron chi connectivity index (χ4n) is 2.20. The van der Waals surface area contributed by atoms with E-state index in [-0.39, 0.29) is 0 Å². The molecule has 0 bridgehead atoms. The Kier molecular flexibility index (Phi) is 3.31. The quantitative estimate of drug-likeness (QED) is 0.846. The van der Waals surface area contributed by atoms with E-state index < -0.39 is 0 Å². The maximum Gasteiger partial charge on any atom is 0.317 e. The molecule has 104 valence electrons. The monoisotopic (exact) mass is 262 g/mol. The summed E-state index contributed by atoms with van der Waals surface area (Å²) in [4.78, 5) is 11.1. The number of hydrogen-bond acceptors (Lipinski definition) is 5. The maximum absolute atomic E-state index is 6.22. The fourth-order valence-corrected chi connectivity index (χ4v) is 2.20. The van der Waals surface area contributed by atoms with Crippen LogP contribution in [0.2, 0.25) is 0 Å². The predicted molar refractivity (Wildman–Crippen MR) is 74.4 cm³/mol. The van der Waals surface area contributed by atoms with Gasteiger partial charge in [-0.2, -0.15) is 9.97 Å². The van der Waals surface area contributed by atoms with Gasteiger partial charge in [-0.1, -0.05) is 0 Å². The zero-order valence-corrected chi connectivity index (χ0v) is 11.7. The highest BCUT2D eigenvalue weighted by atomic mass is 16.5. The van der Waals surface area contributed by atoms with Crippen molar-refractivity contribution in [2.45, 2.75) is 37.5 Å². The molecule has 2 aliphatic carbocycles. The average Bonchev–Trinajstić information content (AvgIpc) is 3.24. The van der Waals surface area contributed by atoms with Gasteiger partial charge in [-0.15, -0.1) is 0 Å². The van der Waals surface area contributed by atoms with E-state index in [4.69, 9.17) is 10.5 Å². The third kappa shape index (κ3) is 2.97. The van der Waals surface area contributed by atoms with Crippen molar-refractivity contribution in [3.8, 4) is 6.01 Å². The highest BCUT2D eigenvalue weighted by Crippen LogP contribution is 2.47. The van der Waals surface area contributed by atoms with Crippen LogP contribution in [-0.2, 0) is 0 Å². The summed E-state index contributed by atoms with van der Waals surface area (Å²) in [6.45, 7) is 1.48. The number of rotatable bonds is 6. The molecule has 2 N–H and O–H groups in total. The summed E-state index contributed by atoms with van der Waals surface area (Å²) in [5.74, 6) is 1.08. The Morgan fingerprint density at radius 1 is 1.11 bits per heavy atom. The van der Waals surface area contributed by atoms with E-state index >= 15 is 0 Å². The number of aromatic nitrogens is 2. The summed E-state index contributed by atoms with van der Waals surface area (Å²) in [5, 5.41) is 0. The van der Waals surface area contributed by atoms with Crippen LogP contribution in [0, 0.1) is 0 Å². The highest BCUT2D eigenvalue weighted by Gasteiger charge is 2.34. The molecule has 0 aliphatic heterocycles. The molecule has 1 aromatic rings. The first-order chi connectivity index (χ1) is 9.15. The van der Waals surface area contributed by atoms with Crippen LogP contribution in [0.3, 0.4) is 0 Å². The Bertz CT molecular complexity index is 434. The summed E-state index contributed by atoms with van der Waals surface area (Å²) in [6.07, 6.45) is 4.79. The van der Waals surface area contributed by atoms with Crippen molar-refractivity contribution >= 4 is 5.69 Å². The van der Waals surface area contributed by atoms with Crippen molar-refractivity contribution in [3.05, 3.63) is 11.4 Å². The van der Waals surface area contributed by atoms with Gasteiger partial charge in [0.15, 0.2) is 0 Å². The third-order valence-electron chi connectivity index (χ3n) is 3.68. The molecule has 5 heteroatoms. The molecule has 19 heavy (non-hydrogen) atoms. The number of nitrogens with zero attached hydrogens (tertiary/aromatic N) is 3. The van der Waals surface area contributed by atoms with Gasteiger partial charge in [-0.05, 0) is 39.8 Å². The Labute approximate surface area is 114 Å². The molecule has 0 atom stereocenters. The number of likely N-dealkylation sites (N-methyl/N-ethyl adjacent to an activating group) is 1. The molecule has 1 aromatic heterocycles. The van der Waals surface area contributed by atoms with Crippen molar-refractivity contribution < 1.29 is 4.74 Å². The molecule has 5 nitrogen and oxygen atoms in total. The molecular weight excluding hydrogens is 240 g/mol. The maximum atomic E-state index is 6.22. The molecule has 0 radical (unpaired) electrons. The lowest BCUT2D eigenvalue weighted by molar-refractivity contribution is 0.244. The highest BCUT2D eigenvalue weighted by molar-refractivity contribution is 5.53. The summed E-state index contributed by atoms with van der Waals surface area (Å²) < 4.78 is 5.69. The van der Waals surface area contributed by atoms with Gasteiger partial charge in [0, 0.05) is 18.4 Å². The third-order valence-corrected chi connectivity index (χ3v) is 3.68. The van der Waals surface area contributed by atoms with Gasteiger partial charge in [0.05, 0.1) is 17.1 Å². The molecular formula is C14H22N4O. The first-order valence-corrected chi connectivity index (χ1v) is 7.10. The second-order valence-electron chi connectivity index (χ2n) is 5.89. The Hall–Kier alpha value is -1.36. The van der Waals surface area contributed by atoms with Crippen molar-refractivity contribution in [2.75, 3.05) is 33.0 Å². The lowest BCUT2D eigenvalue weighted by Gasteiger charge is -2.13. The number of ether oxygens (including phenoxy) is 1. The molecule has 2 saturated carbocycles. The van der Waals surface area contributed by atoms with E-state index in [0.717, 1.165) is 23.6 Å². The van der Waals surface area contributed by atoms with Gasteiger partial charge < -0.3 is 15.4 Å². The van der Waals surface area contributed by atoms with Gasteiger partial charge in [-0.25, -0.2) is 0 Å². The van der Waals surface area contributed by atoms with E-state index in [0.29, 0.717) is 24.5 Å². The number of nitrogen functional groups attached to an aromatic ring is 1. The standard InChI is InChI=1S/C14H22N4O/c1-18(2)7-8-19-14-16-12(9-3-4-9)11(15)13(17-14)10-5-6-10/h9-10H,3-8,15H2,1-2H3. The van der Waals surface area contributed by atoms with Gasteiger partial charge in [0.2, 0.25) is 0 Å². The van der Waals surface area contributed by atoms with Crippen LogP contribution < -0.4 is 10.5 Å². The van der Waals surface area contributed by atoms with Gasteiger partial charge in [0.25, 0.3) is 0 Å².